The lowest BCUT2D eigenvalue weighted by atomic mass is 9.90. The molecular formula is C19H23BrO. The lowest BCUT2D eigenvalue weighted by Gasteiger charge is -2.17. The van der Waals surface area contributed by atoms with Crippen molar-refractivity contribution in [3.05, 3.63) is 64.1 Å². The Morgan fingerprint density at radius 3 is 2.52 bits per heavy atom. The molecule has 112 valence electrons. The molecule has 2 rings (SSSR count). The maximum Gasteiger partial charge on any atom is 0.120 e. The SMILES string of the molecule is CCC(CCCc1ccccc1)c1cc(Br)cc(OC)c1. The molecule has 2 aromatic carbocycles. The van der Waals surface area contributed by atoms with E-state index < -0.39 is 0 Å². The maximum atomic E-state index is 5.37. The number of halogens is 1. The molecule has 21 heavy (non-hydrogen) atoms. The number of rotatable bonds is 7. The molecule has 0 N–H and O–H groups in total. The molecule has 0 saturated carbocycles. The third-order valence-electron chi connectivity index (χ3n) is 3.95. The molecule has 0 aliphatic heterocycles. The molecule has 1 unspecified atom stereocenters. The Bertz CT molecular complexity index is 551. The summed E-state index contributed by atoms with van der Waals surface area (Å²) in [5, 5.41) is 0. The summed E-state index contributed by atoms with van der Waals surface area (Å²) in [4.78, 5) is 0. The molecule has 2 heteroatoms. The summed E-state index contributed by atoms with van der Waals surface area (Å²) < 4.78 is 6.47. The molecule has 1 nitrogen and oxygen atoms in total. The minimum absolute atomic E-state index is 0.597. The molecule has 0 bridgehead atoms. The van der Waals surface area contributed by atoms with Crippen LogP contribution in [0.25, 0.3) is 0 Å². The van der Waals surface area contributed by atoms with E-state index in [4.69, 9.17) is 4.74 Å². The van der Waals surface area contributed by atoms with Gasteiger partial charge in [0.25, 0.3) is 0 Å². The van der Waals surface area contributed by atoms with Crippen LogP contribution in [0.4, 0.5) is 0 Å². The van der Waals surface area contributed by atoms with E-state index in [9.17, 15) is 0 Å². The van der Waals surface area contributed by atoms with Crippen LogP contribution in [0.5, 0.6) is 5.75 Å². The molecule has 0 fully saturated rings. The van der Waals surface area contributed by atoms with Crippen molar-refractivity contribution in [2.75, 3.05) is 7.11 Å². The van der Waals surface area contributed by atoms with Crippen molar-refractivity contribution in [1.82, 2.24) is 0 Å². The molecule has 0 aliphatic carbocycles. The van der Waals surface area contributed by atoms with Crippen molar-refractivity contribution in [1.29, 1.82) is 0 Å². The van der Waals surface area contributed by atoms with Crippen molar-refractivity contribution < 1.29 is 4.74 Å². The number of benzene rings is 2. The largest absolute Gasteiger partial charge is 0.497 e. The van der Waals surface area contributed by atoms with Crippen molar-refractivity contribution in [3.8, 4) is 5.75 Å². The van der Waals surface area contributed by atoms with Crippen molar-refractivity contribution >= 4 is 15.9 Å². The highest BCUT2D eigenvalue weighted by atomic mass is 79.9. The van der Waals surface area contributed by atoms with Gasteiger partial charge in [0.15, 0.2) is 0 Å². The molecule has 0 radical (unpaired) electrons. The van der Waals surface area contributed by atoms with E-state index >= 15 is 0 Å². The highest BCUT2D eigenvalue weighted by Gasteiger charge is 2.11. The highest BCUT2D eigenvalue weighted by molar-refractivity contribution is 9.10. The van der Waals surface area contributed by atoms with E-state index in [0.29, 0.717) is 5.92 Å². The van der Waals surface area contributed by atoms with Gasteiger partial charge >= 0.3 is 0 Å². The van der Waals surface area contributed by atoms with Crippen molar-refractivity contribution in [3.63, 3.8) is 0 Å². The quantitative estimate of drug-likeness (QED) is 0.599. The normalized spacial score (nSPS) is 12.1. The minimum atomic E-state index is 0.597. The molecule has 0 spiro atoms. The topological polar surface area (TPSA) is 9.23 Å². The second-order valence-corrected chi connectivity index (χ2v) is 6.32. The van der Waals surface area contributed by atoms with Crippen LogP contribution >= 0.6 is 15.9 Å². The van der Waals surface area contributed by atoms with E-state index in [2.05, 4.69) is 65.3 Å². The number of methoxy groups -OCH3 is 1. The third-order valence-corrected chi connectivity index (χ3v) is 4.41. The summed E-state index contributed by atoms with van der Waals surface area (Å²) in [5.74, 6) is 1.53. The zero-order chi connectivity index (χ0) is 15.1. The van der Waals surface area contributed by atoms with Gasteiger partial charge in [-0.15, -0.1) is 0 Å². The Kier molecular flexibility index (Phi) is 6.31. The average molecular weight is 347 g/mol. The van der Waals surface area contributed by atoms with Gasteiger partial charge in [-0.05, 0) is 60.9 Å². The van der Waals surface area contributed by atoms with Crippen molar-refractivity contribution in [2.24, 2.45) is 0 Å². The zero-order valence-corrected chi connectivity index (χ0v) is 14.4. The fraction of sp³-hybridized carbons (Fsp3) is 0.368. The summed E-state index contributed by atoms with van der Waals surface area (Å²) >= 11 is 3.58. The first-order valence-electron chi connectivity index (χ1n) is 7.61. The molecule has 2 aromatic rings. The number of ether oxygens (including phenoxy) is 1. The predicted molar refractivity (Wildman–Crippen MR) is 93.1 cm³/mol. The van der Waals surface area contributed by atoms with Gasteiger partial charge in [-0.25, -0.2) is 0 Å². The van der Waals surface area contributed by atoms with Gasteiger partial charge in [0, 0.05) is 4.47 Å². The van der Waals surface area contributed by atoms with E-state index in [0.717, 1.165) is 23.1 Å². The van der Waals surface area contributed by atoms with Gasteiger partial charge in [0.05, 0.1) is 7.11 Å². The predicted octanol–water partition coefficient (Wildman–Crippen LogP) is 5.97. The zero-order valence-electron chi connectivity index (χ0n) is 12.8. The van der Waals surface area contributed by atoms with Crippen LogP contribution in [-0.4, -0.2) is 7.11 Å². The molecule has 0 aromatic heterocycles. The molecular weight excluding hydrogens is 324 g/mol. The summed E-state index contributed by atoms with van der Waals surface area (Å²) in [6.45, 7) is 2.26. The van der Waals surface area contributed by atoms with E-state index in [1.807, 2.05) is 6.07 Å². The van der Waals surface area contributed by atoms with Crippen LogP contribution in [0.15, 0.2) is 53.0 Å². The fourth-order valence-electron chi connectivity index (χ4n) is 2.74. The first kappa shape index (κ1) is 16.1. The lowest BCUT2D eigenvalue weighted by Crippen LogP contribution is -2.00. The van der Waals surface area contributed by atoms with Gasteiger partial charge in [-0.3, -0.25) is 0 Å². The van der Waals surface area contributed by atoms with E-state index in [1.165, 1.54) is 24.0 Å². The van der Waals surface area contributed by atoms with Crippen LogP contribution in [0.2, 0.25) is 0 Å². The Balaban J connectivity index is 1.98. The summed E-state index contributed by atoms with van der Waals surface area (Å²) in [6, 6.07) is 17.1. The maximum absolute atomic E-state index is 5.37. The monoisotopic (exact) mass is 346 g/mol. The van der Waals surface area contributed by atoms with Crippen LogP contribution in [-0.2, 0) is 6.42 Å². The smallest absolute Gasteiger partial charge is 0.120 e. The summed E-state index contributed by atoms with van der Waals surface area (Å²) in [5.41, 5.74) is 2.80. The number of hydrogen-bond donors (Lipinski definition) is 0. The fourth-order valence-corrected chi connectivity index (χ4v) is 3.23. The van der Waals surface area contributed by atoms with Gasteiger partial charge in [-0.2, -0.15) is 0 Å². The van der Waals surface area contributed by atoms with Gasteiger partial charge in [0.2, 0.25) is 0 Å². The number of hydrogen-bond acceptors (Lipinski definition) is 1. The Labute approximate surface area is 136 Å². The summed E-state index contributed by atoms with van der Waals surface area (Å²) in [7, 11) is 1.72. The molecule has 0 saturated heterocycles. The Hall–Kier alpha value is -1.28. The minimum Gasteiger partial charge on any atom is -0.497 e. The standard InChI is InChI=1S/C19H23BrO/c1-3-16(11-7-10-15-8-5-4-6-9-15)17-12-18(20)14-19(13-17)21-2/h4-6,8-9,12-14,16H,3,7,10-11H2,1-2H3. The lowest BCUT2D eigenvalue weighted by molar-refractivity contribution is 0.413. The van der Waals surface area contributed by atoms with Crippen LogP contribution in [0, 0.1) is 0 Å². The molecule has 0 heterocycles. The molecule has 0 aliphatic rings. The van der Waals surface area contributed by atoms with Gasteiger partial charge in [-0.1, -0.05) is 53.2 Å². The first-order chi connectivity index (χ1) is 10.2. The molecule has 0 amide bonds. The average Bonchev–Trinajstić information content (AvgIpc) is 2.52. The summed E-state index contributed by atoms with van der Waals surface area (Å²) in [6.07, 6.45) is 4.75. The van der Waals surface area contributed by atoms with E-state index in [-0.39, 0.29) is 0 Å². The molecule has 1 atom stereocenters. The Morgan fingerprint density at radius 1 is 1.10 bits per heavy atom. The number of aryl methyl sites for hydroxylation is 1. The second-order valence-electron chi connectivity index (χ2n) is 5.41. The first-order valence-corrected chi connectivity index (χ1v) is 8.40. The van der Waals surface area contributed by atoms with Gasteiger partial charge in [0.1, 0.15) is 5.75 Å². The van der Waals surface area contributed by atoms with Crippen LogP contribution < -0.4 is 4.74 Å². The second kappa shape index (κ2) is 8.23. The van der Waals surface area contributed by atoms with Gasteiger partial charge < -0.3 is 4.74 Å². The highest BCUT2D eigenvalue weighted by Crippen LogP contribution is 2.31. The Morgan fingerprint density at radius 2 is 1.86 bits per heavy atom. The third kappa shape index (κ3) is 4.89. The van der Waals surface area contributed by atoms with E-state index in [1.54, 1.807) is 7.11 Å². The van der Waals surface area contributed by atoms with Crippen LogP contribution in [0.1, 0.15) is 43.2 Å². The van der Waals surface area contributed by atoms with Crippen molar-refractivity contribution in [2.45, 2.75) is 38.5 Å². The van der Waals surface area contributed by atoms with Crippen LogP contribution in [0.3, 0.4) is 0 Å².